The Kier molecular flexibility index (Phi) is 8.76. The van der Waals surface area contributed by atoms with Crippen LogP contribution in [0.25, 0.3) is 11.1 Å². The molecule has 6 heteroatoms. The number of carbonyl (C=O) groups is 1. The number of aliphatic hydroxyl groups is 1. The summed E-state index contributed by atoms with van der Waals surface area (Å²) >= 11 is 1.59. The topological polar surface area (TPSA) is 75.4 Å². The number of fused-ring (bicyclic) bond motifs is 1. The summed E-state index contributed by atoms with van der Waals surface area (Å²) in [5.74, 6) is 1.71. The first-order valence-electron chi connectivity index (χ1n) is 11.4. The van der Waals surface area contributed by atoms with Gasteiger partial charge in [0.2, 0.25) is 5.91 Å². The first-order chi connectivity index (χ1) is 15.4. The Bertz CT molecular complexity index is 1020. The van der Waals surface area contributed by atoms with Crippen molar-refractivity contribution in [3.8, 4) is 0 Å². The quantitative estimate of drug-likeness (QED) is 0.244. The molecular formula is C26H34N2O3S. The fourth-order valence-corrected chi connectivity index (χ4v) is 4.56. The van der Waals surface area contributed by atoms with Gasteiger partial charge in [-0.2, -0.15) is 0 Å². The van der Waals surface area contributed by atoms with Gasteiger partial charge in [0, 0.05) is 17.9 Å². The number of aromatic nitrogens is 1. The van der Waals surface area contributed by atoms with Crippen molar-refractivity contribution in [2.24, 2.45) is 0 Å². The molecule has 5 nitrogen and oxygen atoms in total. The predicted octanol–water partition coefficient (Wildman–Crippen LogP) is 6.86. The van der Waals surface area contributed by atoms with E-state index in [4.69, 9.17) is 4.42 Å². The summed E-state index contributed by atoms with van der Waals surface area (Å²) in [5.41, 5.74) is 5.73. The molecule has 2 N–H and O–H groups in total. The summed E-state index contributed by atoms with van der Waals surface area (Å²) in [4.78, 5) is 17.1. The van der Waals surface area contributed by atoms with Gasteiger partial charge < -0.3 is 14.8 Å². The van der Waals surface area contributed by atoms with Gasteiger partial charge in [-0.05, 0) is 53.5 Å². The first kappa shape index (κ1) is 24.3. The molecule has 3 rings (SSSR count). The molecule has 0 aliphatic heterocycles. The Morgan fingerprint density at radius 2 is 1.78 bits per heavy atom. The van der Waals surface area contributed by atoms with E-state index in [0.717, 1.165) is 41.8 Å². The van der Waals surface area contributed by atoms with Gasteiger partial charge >= 0.3 is 0 Å². The number of thioether (sulfide) groups is 1. The molecule has 2 aromatic carbocycles. The van der Waals surface area contributed by atoms with Crippen LogP contribution in [0.5, 0.6) is 0 Å². The first-order valence-corrected chi connectivity index (χ1v) is 12.4. The lowest BCUT2D eigenvalue weighted by molar-refractivity contribution is -0.116. The zero-order chi connectivity index (χ0) is 23.1. The second kappa shape index (κ2) is 11.5. The van der Waals surface area contributed by atoms with Crippen LogP contribution in [0.15, 0.2) is 46.0 Å². The molecule has 1 amide bonds. The van der Waals surface area contributed by atoms with Gasteiger partial charge in [0.15, 0.2) is 5.58 Å². The predicted molar refractivity (Wildman–Crippen MR) is 132 cm³/mol. The second-order valence-corrected chi connectivity index (χ2v) is 9.81. The van der Waals surface area contributed by atoms with Gasteiger partial charge in [-0.25, -0.2) is 4.98 Å². The minimum absolute atomic E-state index is 0.00543. The molecule has 0 unspecified atom stereocenters. The highest BCUT2D eigenvalue weighted by Crippen LogP contribution is 2.32. The lowest BCUT2D eigenvalue weighted by Gasteiger charge is -2.20. The summed E-state index contributed by atoms with van der Waals surface area (Å²) in [7, 11) is 0. The zero-order valence-electron chi connectivity index (χ0n) is 19.5. The Labute approximate surface area is 195 Å². The van der Waals surface area contributed by atoms with Crippen molar-refractivity contribution in [1.82, 2.24) is 4.98 Å². The second-order valence-electron chi connectivity index (χ2n) is 8.77. The van der Waals surface area contributed by atoms with E-state index in [1.807, 2.05) is 18.2 Å². The largest absolute Gasteiger partial charge is 0.431 e. The van der Waals surface area contributed by atoms with E-state index in [-0.39, 0.29) is 12.5 Å². The van der Waals surface area contributed by atoms with Crippen LogP contribution in [-0.4, -0.2) is 21.8 Å². The number of nitrogens with zero attached hydrogens (tertiary/aromatic N) is 1. The number of carbonyl (C=O) groups excluding carboxylic acids is 1. The standard InChI is InChI=1S/C26H34N2O3S/c1-17(2)20-9-8-10-21(18(3)4)25(20)28-24(30)11-6-5-7-14-32-26-27-22-13-12-19(16-29)15-23(22)31-26/h8-10,12-13,15,17-18,29H,5-7,11,14,16H2,1-4H3,(H,28,30). The monoisotopic (exact) mass is 454 g/mol. The minimum atomic E-state index is -0.00543. The van der Waals surface area contributed by atoms with Gasteiger partial charge in [-0.1, -0.05) is 70.1 Å². The highest BCUT2D eigenvalue weighted by atomic mass is 32.2. The smallest absolute Gasteiger partial charge is 0.256 e. The van der Waals surface area contributed by atoms with Gasteiger partial charge in [-0.3, -0.25) is 4.79 Å². The maximum atomic E-state index is 12.6. The van der Waals surface area contributed by atoms with Crippen LogP contribution in [0.1, 0.15) is 81.9 Å². The van der Waals surface area contributed by atoms with E-state index in [0.29, 0.717) is 29.1 Å². The third kappa shape index (κ3) is 6.36. The third-order valence-corrected chi connectivity index (χ3v) is 6.44. The van der Waals surface area contributed by atoms with Crippen LogP contribution < -0.4 is 5.32 Å². The van der Waals surface area contributed by atoms with Crippen LogP contribution in [0.3, 0.4) is 0 Å². The maximum Gasteiger partial charge on any atom is 0.256 e. The van der Waals surface area contributed by atoms with Crippen molar-refractivity contribution in [2.45, 2.75) is 77.0 Å². The van der Waals surface area contributed by atoms with E-state index in [1.54, 1.807) is 11.8 Å². The number of rotatable bonds is 11. The Hall–Kier alpha value is -2.31. The number of amides is 1. The number of para-hydroxylation sites is 1. The molecule has 0 spiro atoms. The van der Waals surface area contributed by atoms with Crippen molar-refractivity contribution in [3.05, 3.63) is 53.1 Å². The number of unbranched alkanes of at least 4 members (excludes halogenated alkanes) is 2. The summed E-state index contributed by atoms with van der Waals surface area (Å²) in [5, 5.41) is 13.1. The summed E-state index contributed by atoms with van der Waals surface area (Å²) < 4.78 is 5.76. The lowest BCUT2D eigenvalue weighted by Crippen LogP contribution is -2.15. The molecule has 0 aliphatic rings. The van der Waals surface area contributed by atoms with E-state index < -0.39 is 0 Å². The van der Waals surface area contributed by atoms with E-state index in [9.17, 15) is 9.90 Å². The number of hydrogen-bond acceptors (Lipinski definition) is 5. The Morgan fingerprint density at radius 3 is 2.44 bits per heavy atom. The van der Waals surface area contributed by atoms with Crippen molar-refractivity contribution in [2.75, 3.05) is 11.1 Å². The normalized spacial score (nSPS) is 11.6. The molecular weight excluding hydrogens is 420 g/mol. The molecule has 3 aromatic rings. The molecule has 1 heterocycles. The molecule has 0 saturated heterocycles. The van der Waals surface area contributed by atoms with Crippen LogP contribution in [-0.2, 0) is 11.4 Å². The van der Waals surface area contributed by atoms with Crippen LogP contribution >= 0.6 is 11.8 Å². The number of benzene rings is 2. The molecule has 0 bridgehead atoms. The molecule has 172 valence electrons. The highest BCUT2D eigenvalue weighted by Gasteiger charge is 2.15. The minimum Gasteiger partial charge on any atom is -0.431 e. The van der Waals surface area contributed by atoms with Crippen LogP contribution in [0.2, 0.25) is 0 Å². The van der Waals surface area contributed by atoms with Crippen LogP contribution in [0.4, 0.5) is 5.69 Å². The van der Waals surface area contributed by atoms with E-state index in [2.05, 4.69) is 56.2 Å². The van der Waals surface area contributed by atoms with Gasteiger partial charge in [0.25, 0.3) is 5.22 Å². The lowest BCUT2D eigenvalue weighted by atomic mass is 9.92. The van der Waals surface area contributed by atoms with Crippen molar-refractivity contribution >= 4 is 34.5 Å². The fourth-order valence-electron chi connectivity index (χ4n) is 3.73. The average Bonchev–Trinajstić information content (AvgIpc) is 3.17. The maximum absolute atomic E-state index is 12.6. The molecule has 0 atom stereocenters. The fraction of sp³-hybridized carbons (Fsp3) is 0.462. The Morgan fingerprint density at radius 1 is 1.06 bits per heavy atom. The van der Waals surface area contributed by atoms with Crippen LogP contribution in [0, 0.1) is 0 Å². The third-order valence-electron chi connectivity index (χ3n) is 5.53. The molecule has 0 saturated carbocycles. The van der Waals surface area contributed by atoms with E-state index in [1.165, 1.54) is 11.1 Å². The summed E-state index contributed by atoms with van der Waals surface area (Å²) in [6, 6.07) is 11.9. The molecule has 0 fully saturated rings. The van der Waals surface area contributed by atoms with Gasteiger partial charge in [0.05, 0.1) is 6.61 Å². The number of oxazole rings is 1. The number of nitrogens with one attached hydrogen (secondary N) is 1. The number of anilines is 1. The molecule has 0 radical (unpaired) electrons. The molecule has 32 heavy (non-hydrogen) atoms. The Balaban J connectivity index is 1.43. The SMILES string of the molecule is CC(C)c1cccc(C(C)C)c1NC(=O)CCCCCSc1nc2ccc(CO)cc2o1. The highest BCUT2D eigenvalue weighted by molar-refractivity contribution is 7.99. The summed E-state index contributed by atoms with van der Waals surface area (Å²) in [6.07, 6.45) is 3.37. The van der Waals surface area contributed by atoms with Gasteiger partial charge in [0.1, 0.15) is 5.52 Å². The average molecular weight is 455 g/mol. The van der Waals surface area contributed by atoms with Crippen molar-refractivity contribution < 1.29 is 14.3 Å². The summed E-state index contributed by atoms with van der Waals surface area (Å²) in [6.45, 7) is 8.64. The molecule has 0 aliphatic carbocycles. The zero-order valence-corrected chi connectivity index (χ0v) is 20.3. The molecule has 1 aromatic heterocycles. The number of aliphatic hydroxyl groups excluding tert-OH is 1. The van der Waals surface area contributed by atoms with Crippen molar-refractivity contribution in [1.29, 1.82) is 0 Å². The number of hydrogen-bond donors (Lipinski definition) is 2. The van der Waals surface area contributed by atoms with E-state index >= 15 is 0 Å². The van der Waals surface area contributed by atoms with Crippen molar-refractivity contribution in [3.63, 3.8) is 0 Å². The van der Waals surface area contributed by atoms with Gasteiger partial charge in [-0.15, -0.1) is 0 Å².